The predicted octanol–water partition coefficient (Wildman–Crippen LogP) is 2.68. The molecule has 1 heterocycles. The fourth-order valence-electron chi connectivity index (χ4n) is 1.74. The van der Waals surface area contributed by atoms with Crippen molar-refractivity contribution >= 4 is 0 Å². The average molecular weight is 236 g/mol. The summed E-state index contributed by atoms with van der Waals surface area (Å²) in [5.41, 5.74) is 0.439. The molecule has 16 heavy (non-hydrogen) atoms. The minimum absolute atomic E-state index is 0.0344. The number of aliphatic hydroxyl groups is 1. The fraction of sp³-hybridized carbons (Fsp3) is 0.700. The third kappa shape index (κ3) is 2.21. The van der Waals surface area contributed by atoms with Crippen LogP contribution in [0.4, 0.5) is 13.2 Å². The molecule has 0 fully saturated rings. The molecule has 1 aromatic heterocycles. The van der Waals surface area contributed by atoms with E-state index in [1.807, 2.05) is 13.8 Å². The van der Waals surface area contributed by atoms with Crippen molar-refractivity contribution in [3.63, 3.8) is 0 Å². The molecular formula is C10H15F3N2O. The molecule has 0 aromatic carbocycles. The zero-order chi connectivity index (χ0) is 12.7. The van der Waals surface area contributed by atoms with Crippen LogP contribution in [-0.4, -0.2) is 21.1 Å². The summed E-state index contributed by atoms with van der Waals surface area (Å²) in [6, 6.07) is -0.0344. The molecule has 0 saturated heterocycles. The van der Waals surface area contributed by atoms with E-state index in [1.54, 1.807) is 0 Å². The van der Waals surface area contributed by atoms with Gasteiger partial charge < -0.3 is 5.11 Å². The second-order valence-corrected chi connectivity index (χ2v) is 4.07. The largest absolute Gasteiger partial charge is 0.418 e. The van der Waals surface area contributed by atoms with Gasteiger partial charge in [0.25, 0.3) is 0 Å². The maximum atomic E-state index is 12.4. The Bertz CT molecular complexity index is 382. The molecule has 0 radical (unpaired) electrons. The van der Waals surface area contributed by atoms with Gasteiger partial charge in [0.2, 0.25) is 0 Å². The minimum atomic E-state index is -4.65. The maximum Gasteiger partial charge on any atom is 0.418 e. The van der Waals surface area contributed by atoms with Gasteiger partial charge in [-0.05, 0) is 27.7 Å². The SMILES string of the molecule is Cc1nn(C(C)C)c(C)c1C(O)C(F)(F)F. The first kappa shape index (κ1) is 13.0. The van der Waals surface area contributed by atoms with Crippen LogP contribution in [0.1, 0.15) is 42.9 Å². The van der Waals surface area contributed by atoms with E-state index in [1.165, 1.54) is 18.5 Å². The zero-order valence-corrected chi connectivity index (χ0v) is 9.63. The lowest BCUT2D eigenvalue weighted by Crippen LogP contribution is -2.21. The second-order valence-electron chi connectivity index (χ2n) is 4.07. The molecule has 0 amide bonds. The number of hydrogen-bond donors (Lipinski definition) is 1. The lowest BCUT2D eigenvalue weighted by Gasteiger charge is -2.15. The monoisotopic (exact) mass is 236 g/mol. The van der Waals surface area contributed by atoms with Gasteiger partial charge in [-0.15, -0.1) is 0 Å². The van der Waals surface area contributed by atoms with Crippen LogP contribution in [0, 0.1) is 13.8 Å². The van der Waals surface area contributed by atoms with E-state index in [0.29, 0.717) is 5.69 Å². The van der Waals surface area contributed by atoms with E-state index in [9.17, 15) is 18.3 Å². The van der Waals surface area contributed by atoms with Crippen LogP contribution in [0.5, 0.6) is 0 Å². The van der Waals surface area contributed by atoms with Crippen LogP contribution < -0.4 is 0 Å². The number of aliphatic hydroxyl groups excluding tert-OH is 1. The van der Waals surface area contributed by atoms with Crippen molar-refractivity contribution in [1.82, 2.24) is 9.78 Å². The highest BCUT2D eigenvalue weighted by atomic mass is 19.4. The Morgan fingerprint density at radius 1 is 1.25 bits per heavy atom. The third-order valence-corrected chi connectivity index (χ3v) is 2.45. The van der Waals surface area contributed by atoms with E-state index >= 15 is 0 Å². The summed E-state index contributed by atoms with van der Waals surface area (Å²) in [4.78, 5) is 0. The lowest BCUT2D eigenvalue weighted by molar-refractivity contribution is -0.207. The zero-order valence-electron chi connectivity index (χ0n) is 9.63. The van der Waals surface area contributed by atoms with Crippen molar-refractivity contribution < 1.29 is 18.3 Å². The standard InChI is InChI=1S/C10H15F3N2O/c1-5(2)15-7(4)8(6(3)14-15)9(16)10(11,12)13/h5,9,16H,1-4H3. The van der Waals surface area contributed by atoms with Crippen molar-refractivity contribution in [2.24, 2.45) is 0 Å². The maximum absolute atomic E-state index is 12.4. The summed E-state index contributed by atoms with van der Waals surface area (Å²) in [6.07, 6.45) is -7.11. The first-order chi connectivity index (χ1) is 7.16. The molecule has 1 rings (SSSR count). The number of alkyl halides is 3. The molecule has 6 heteroatoms. The number of halogens is 3. The summed E-state index contributed by atoms with van der Waals surface area (Å²) in [5.74, 6) is 0. The summed E-state index contributed by atoms with van der Waals surface area (Å²) in [7, 11) is 0. The Morgan fingerprint density at radius 2 is 1.75 bits per heavy atom. The highest BCUT2D eigenvalue weighted by Crippen LogP contribution is 2.36. The first-order valence-corrected chi connectivity index (χ1v) is 4.96. The molecule has 0 saturated carbocycles. The highest BCUT2D eigenvalue weighted by molar-refractivity contribution is 5.28. The fourth-order valence-corrected chi connectivity index (χ4v) is 1.74. The van der Waals surface area contributed by atoms with Crippen LogP contribution in [0.3, 0.4) is 0 Å². The Hall–Kier alpha value is -1.04. The summed E-state index contributed by atoms with van der Waals surface area (Å²) >= 11 is 0. The average Bonchev–Trinajstić information content (AvgIpc) is 2.39. The van der Waals surface area contributed by atoms with Gasteiger partial charge >= 0.3 is 6.18 Å². The number of aromatic nitrogens is 2. The van der Waals surface area contributed by atoms with Crippen molar-refractivity contribution in [3.05, 3.63) is 17.0 Å². The van der Waals surface area contributed by atoms with Crippen LogP contribution in [0.2, 0.25) is 0 Å². The minimum Gasteiger partial charge on any atom is -0.379 e. The van der Waals surface area contributed by atoms with Crippen LogP contribution in [0.15, 0.2) is 0 Å². The van der Waals surface area contributed by atoms with E-state index < -0.39 is 12.3 Å². The summed E-state index contributed by atoms with van der Waals surface area (Å²) < 4.78 is 38.7. The lowest BCUT2D eigenvalue weighted by atomic mass is 10.1. The highest BCUT2D eigenvalue weighted by Gasteiger charge is 2.42. The number of hydrogen-bond acceptors (Lipinski definition) is 2. The third-order valence-electron chi connectivity index (χ3n) is 2.45. The van der Waals surface area contributed by atoms with E-state index in [2.05, 4.69) is 5.10 Å². The van der Waals surface area contributed by atoms with E-state index in [0.717, 1.165) is 0 Å². The Balaban J connectivity index is 3.25. The van der Waals surface area contributed by atoms with Crippen molar-refractivity contribution in [1.29, 1.82) is 0 Å². The first-order valence-electron chi connectivity index (χ1n) is 4.96. The van der Waals surface area contributed by atoms with Gasteiger partial charge in [0, 0.05) is 17.3 Å². The molecule has 1 aromatic rings. The molecule has 0 aliphatic heterocycles. The van der Waals surface area contributed by atoms with Gasteiger partial charge in [-0.25, -0.2) is 0 Å². The van der Waals surface area contributed by atoms with Crippen LogP contribution >= 0.6 is 0 Å². The van der Waals surface area contributed by atoms with Crippen LogP contribution in [0.25, 0.3) is 0 Å². The molecule has 3 nitrogen and oxygen atoms in total. The summed E-state index contributed by atoms with van der Waals surface area (Å²) in [6.45, 7) is 6.65. The Labute approximate surface area is 91.9 Å². The number of rotatable bonds is 2. The van der Waals surface area contributed by atoms with Crippen molar-refractivity contribution in [3.8, 4) is 0 Å². The quantitative estimate of drug-likeness (QED) is 0.857. The van der Waals surface area contributed by atoms with Gasteiger partial charge in [-0.1, -0.05) is 0 Å². The van der Waals surface area contributed by atoms with E-state index in [-0.39, 0.29) is 17.3 Å². The van der Waals surface area contributed by atoms with Gasteiger partial charge in [0.1, 0.15) is 0 Å². The van der Waals surface area contributed by atoms with Crippen molar-refractivity contribution in [2.45, 2.75) is 46.0 Å². The number of nitrogens with zero attached hydrogens (tertiary/aromatic N) is 2. The van der Waals surface area contributed by atoms with Gasteiger partial charge in [0.05, 0.1) is 5.69 Å². The summed E-state index contributed by atoms with van der Waals surface area (Å²) in [5, 5.41) is 13.2. The molecule has 1 unspecified atom stereocenters. The van der Waals surface area contributed by atoms with Crippen LogP contribution in [-0.2, 0) is 0 Å². The van der Waals surface area contributed by atoms with E-state index in [4.69, 9.17) is 0 Å². The molecular weight excluding hydrogens is 221 g/mol. The Morgan fingerprint density at radius 3 is 2.06 bits per heavy atom. The van der Waals surface area contributed by atoms with Crippen molar-refractivity contribution in [2.75, 3.05) is 0 Å². The van der Waals surface area contributed by atoms with Gasteiger partial charge in [0.15, 0.2) is 6.10 Å². The smallest absolute Gasteiger partial charge is 0.379 e. The van der Waals surface area contributed by atoms with Gasteiger partial charge in [-0.2, -0.15) is 18.3 Å². The molecule has 0 aliphatic rings. The molecule has 92 valence electrons. The Kier molecular flexibility index (Phi) is 3.33. The second kappa shape index (κ2) is 4.08. The molecule has 0 bridgehead atoms. The molecule has 0 spiro atoms. The predicted molar refractivity (Wildman–Crippen MR) is 53.1 cm³/mol. The molecule has 1 N–H and O–H groups in total. The number of aryl methyl sites for hydroxylation is 1. The molecule has 0 aliphatic carbocycles. The topological polar surface area (TPSA) is 38.0 Å². The molecule has 1 atom stereocenters. The van der Waals surface area contributed by atoms with Gasteiger partial charge in [-0.3, -0.25) is 4.68 Å². The normalized spacial score (nSPS) is 14.6.